The Labute approximate surface area is 232 Å². The van der Waals surface area contributed by atoms with Crippen molar-refractivity contribution in [1.82, 2.24) is 31.2 Å². The summed E-state index contributed by atoms with van der Waals surface area (Å²) in [6, 6.07) is 14.0. The van der Waals surface area contributed by atoms with E-state index in [0.29, 0.717) is 24.0 Å². The van der Waals surface area contributed by atoms with Crippen LogP contribution >= 0.6 is 0 Å². The highest BCUT2D eigenvalue weighted by Crippen LogP contribution is 2.20. The van der Waals surface area contributed by atoms with Crippen molar-refractivity contribution in [3.05, 3.63) is 66.0 Å². The first-order valence-corrected chi connectivity index (χ1v) is 13.4. The standard InChI is InChI=1S/C29H36N6O5/c1-29(2,3)35-27(39)23(36)21(16-18-13-14-30-25(18)37)33-26(38)22(15-17-9-5-4-6-10-17)34-28(40)24-31-19-11-7-8-12-20(19)32-24/h4-12,18,21-22,25,30,37H,13-16H2,1-3H3,(H,31,32)(H,33,38)(H,34,40)(H,35,39)/t18-,21?,22-,25?/m0/s1. The molecule has 0 aliphatic carbocycles. The highest BCUT2D eigenvalue weighted by molar-refractivity contribution is 6.38. The van der Waals surface area contributed by atoms with E-state index in [1.54, 1.807) is 39.0 Å². The molecular weight excluding hydrogens is 512 g/mol. The molecule has 4 rings (SSSR count). The monoisotopic (exact) mass is 548 g/mol. The molecule has 3 aromatic rings. The van der Waals surface area contributed by atoms with Crippen LogP contribution < -0.4 is 21.3 Å². The average molecular weight is 549 g/mol. The predicted molar refractivity (Wildman–Crippen MR) is 149 cm³/mol. The smallest absolute Gasteiger partial charge is 0.290 e. The Bertz CT molecular complexity index is 1330. The van der Waals surface area contributed by atoms with Gasteiger partial charge in [0.25, 0.3) is 11.8 Å². The van der Waals surface area contributed by atoms with Crippen molar-refractivity contribution >= 4 is 34.5 Å². The Balaban J connectivity index is 1.56. The van der Waals surface area contributed by atoms with Crippen LogP contribution in [0.4, 0.5) is 0 Å². The summed E-state index contributed by atoms with van der Waals surface area (Å²) in [6.45, 7) is 5.80. The van der Waals surface area contributed by atoms with Gasteiger partial charge in [0.2, 0.25) is 11.7 Å². The fraction of sp³-hybridized carbons (Fsp3) is 0.414. The third-order valence-corrected chi connectivity index (χ3v) is 6.71. The van der Waals surface area contributed by atoms with E-state index in [1.165, 1.54) is 0 Å². The molecular formula is C29H36N6O5. The molecule has 3 amide bonds. The first-order valence-electron chi connectivity index (χ1n) is 13.4. The number of aliphatic hydroxyl groups is 1. The molecule has 0 radical (unpaired) electrons. The number of Topliss-reactive ketones (excluding diaryl/α,β-unsaturated/α-hetero) is 1. The number of H-pyrrole nitrogens is 1. The second kappa shape index (κ2) is 12.4. The summed E-state index contributed by atoms with van der Waals surface area (Å²) in [5.41, 5.74) is 1.41. The summed E-state index contributed by atoms with van der Waals surface area (Å²) in [5.74, 6) is -3.15. The number of hydrogen-bond acceptors (Lipinski definition) is 7. The van der Waals surface area contributed by atoms with Crippen molar-refractivity contribution in [1.29, 1.82) is 0 Å². The first-order chi connectivity index (χ1) is 19.0. The van der Waals surface area contributed by atoms with Gasteiger partial charge in [-0.05, 0) is 57.9 Å². The van der Waals surface area contributed by atoms with E-state index in [4.69, 9.17) is 0 Å². The largest absolute Gasteiger partial charge is 0.378 e. The van der Waals surface area contributed by atoms with Crippen molar-refractivity contribution in [2.24, 2.45) is 5.92 Å². The second-order valence-corrected chi connectivity index (χ2v) is 11.1. The summed E-state index contributed by atoms with van der Waals surface area (Å²) in [7, 11) is 0. The van der Waals surface area contributed by atoms with Gasteiger partial charge in [0.15, 0.2) is 5.82 Å². The molecule has 2 heterocycles. The number of aromatic amines is 1. The van der Waals surface area contributed by atoms with Gasteiger partial charge in [0.1, 0.15) is 12.3 Å². The maximum Gasteiger partial charge on any atom is 0.290 e. The minimum Gasteiger partial charge on any atom is -0.378 e. The molecule has 2 unspecified atom stereocenters. The lowest BCUT2D eigenvalue weighted by Gasteiger charge is -2.27. The maximum atomic E-state index is 13.6. The minimum absolute atomic E-state index is 0.0457. The lowest BCUT2D eigenvalue weighted by Crippen LogP contribution is -2.56. The number of amides is 3. The lowest BCUT2D eigenvalue weighted by molar-refractivity contribution is -0.141. The molecule has 11 heteroatoms. The van der Waals surface area contributed by atoms with Gasteiger partial charge in [-0.25, -0.2) is 4.98 Å². The van der Waals surface area contributed by atoms with Gasteiger partial charge >= 0.3 is 0 Å². The zero-order valence-electron chi connectivity index (χ0n) is 22.9. The van der Waals surface area contributed by atoms with Crippen LogP contribution in [0.25, 0.3) is 11.0 Å². The van der Waals surface area contributed by atoms with Crippen LogP contribution in [0.15, 0.2) is 54.6 Å². The molecule has 40 heavy (non-hydrogen) atoms. The van der Waals surface area contributed by atoms with E-state index in [-0.39, 0.29) is 24.6 Å². The van der Waals surface area contributed by atoms with Crippen molar-refractivity contribution in [3.63, 3.8) is 0 Å². The highest BCUT2D eigenvalue weighted by Gasteiger charge is 2.36. The molecule has 11 nitrogen and oxygen atoms in total. The Hall–Kier alpha value is -4.09. The Morgan fingerprint density at radius 2 is 1.70 bits per heavy atom. The predicted octanol–water partition coefficient (Wildman–Crippen LogP) is 1.19. The van der Waals surface area contributed by atoms with Crippen LogP contribution in [0.2, 0.25) is 0 Å². The molecule has 0 saturated carbocycles. The van der Waals surface area contributed by atoms with Gasteiger partial charge in [0, 0.05) is 17.9 Å². The van der Waals surface area contributed by atoms with E-state index in [1.807, 2.05) is 36.4 Å². The third-order valence-electron chi connectivity index (χ3n) is 6.71. The van der Waals surface area contributed by atoms with Gasteiger partial charge in [-0.3, -0.25) is 24.5 Å². The lowest BCUT2D eigenvalue weighted by atomic mass is 9.93. The van der Waals surface area contributed by atoms with E-state index in [2.05, 4.69) is 31.2 Å². The minimum atomic E-state index is -1.20. The molecule has 6 N–H and O–H groups in total. The van der Waals surface area contributed by atoms with Crippen LogP contribution in [-0.4, -0.2) is 69.0 Å². The molecule has 0 spiro atoms. The fourth-order valence-corrected chi connectivity index (χ4v) is 4.70. The SMILES string of the molecule is CC(C)(C)NC(=O)C(=O)C(C[C@@H]1CCNC1O)NC(=O)[C@H](Cc1ccccc1)NC(=O)c1nc2ccccc2[nH]1. The van der Waals surface area contributed by atoms with Gasteiger partial charge in [-0.15, -0.1) is 0 Å². The van der Waals surface area contributed by atoms with Gasteiger partial charge in [-0.2, -0.15) is 0 Å². The van der Waals surface area contributed by atoms with E-state index in [9.17, 15) is 24.3 Å². The second-order valence-electron chi connectivity index (χ2n) is 11.1. The van der Waals surface area contributed by atoms with Crippen molar-refractivity contribution in [3.8, 4) is 0 Å². The Morgan fingerprint density at radius 1 is 1.00 bits per heavy atom. The molecule has 1 saturated heterocycles. The number of imidazole rings is 1. The number of benzene rings is 2. The number of nitrogens with zero attached hydrogens (tertiary/aromatic N) is 1. The first kappa shape index (κ1) is 28.9. The van der Waals surface area contributed by atoms with Crippen LogP contribution in [0.1, 0.15) is 49.8 Å². The zero-order valence-corrected chi connectivity index (χ0v) is 22.9. The Morgan fingerprint density at radius 3 is 2.35 bits per heavy atom. The van der Waals surface area contributed by atoms with Crippen molar-refractivity contribution in [2.75, 3.05) is 6.54 Å². The number of ketones is 1. The number of hydrogen-bond donors (Lipinski definition) is 6. The van der Waals surface area contributed by atoms with Gasteiger partial charge in [0.05, 0.1) is 17.1 Å². The number of aromatic nitrogens is 2. The molecule has 1 aliphatic rings. The van der Waals surface area contributed by atoms with E-state index in [0.717, 1.165) is 5.56 Å². The highest BCUT2D eigenvalue weighted by atomic mass is 16.3. The van der Waals surface area contributed by atoms with Crippen molar-refractivity contribution < 1.29 is 24.3 Å². The Kier molecular flexibility index (Phi) is 8.96. The zero-order chi connectivity index (χ0) is 28.9. The number of nitrogens with one attached hydrogen (secondary N) is 5. The van der Waals surface area contributed by atoms with Crippen molar-refractivity contribution in [2.45, 2.75) is 63.9 Å². The molecule has 1 aromatic heterocycles. The van der Waals surface area contributed by atoms with Crippen LogP contribution in [0.5, 0.6) is 0 Å². The summed E-state index contributed by atoms with van der Waals surface area (Å²) < 4.78 is 0. The normalized spacial score (nSPS) is 18.6. The van der Waals surface area contributed by atoms with Crippen LogP contribution in [0.3, 0.4) is 0 Å². The van der Waals surface area contributed by atoms with Crippen LogP contribution in [-0.2, 0) is 20.8 Å². The number of carbonyl (C=O) groups is 4. The quantitative estimate of drug-likeness (QED) is 0.207. The summed E-state index contributed by atoms with van der Waals surface area (Å²) in [5, 5.41) is 21.3. The number of carbonyl (C=O) groups excluding carboxylic acids is 4. The summed E-state index contributed by atoms with van der Waals surface area (Å²) in [6.07, 6.45) is -0.0729. The van der Waals surface area contributed by atoms with Crippen LogP contribution in [0, 0.1) is 5.92 Å². The fourth-order valence-electron chi connectivity index (χ4n) is 4.70. The van der Waals surface area contributed by atoms with Gasteiger partial charge in [-0.1, -0.05) is 42.5 Å². The molecule has 1 fully saturated rings. The molecule has 4 atom stereocenters. The molecule has 1 aliphatic heterocycles. The van der Waals surface area contributed by atoms with E-state index >= 15 is 0 Å². The summed E-state index contributed by atoms with van der Waals surface area (Å²) in [4.78, 5) is 60.1. The number of rotatable bonds is 10. The number of fused-ring (bicyclic) bond motifs is 1. The maximum absolute atomic E-state index is 13.6. The molecule has 2 aromatic carbocycles. The average Bonchev–Trinajstić information content (AvgIpc) is 3.53. The third kappa shape index (κ3) is 7.51. The number of para-hydroxylation sites is 2. The topological polar surface area (TPSA) is 165 Å². The van der Waals surface area contributed by atoms with E-state index < -0.39 is 47.4 Å². The van der Waals surface area contributed by atoms with Gasteiger partial charge < -0.3 is 26.0 Å². The molecule has 0 bridgehead atoms. The molecule has 212 valence electrons. The number of aliphatic hydroxyl groups excluding tert-OH is 1. The summed E-state index contributed by atoms with van der Waals surface area (Å²) >= 11 is 0.